The molecular formula is C18H16N2O. The molecule has 0 atom stereocenters. The molecule has 0 spiro atoms. The number of rotatable bonds is 3. The van der Waals surface area contributed by atoms with Crippen LogP contribution in [0.5, 0.6) is 0 Å². The SMILES string of the molecule is OCCC#Cc1ccc(Cn2ncc3ccccc32)cc1. The van der Waals surface area contributed by atoms with Crippen molar-refractivity contribution in [3.63, 3.8) is 0 Å². The van der Waals surface area contributed by atoms with E-state index >= 15 is 0 Å². The molecule has 0 saturated heterocycles. The largest absolute Gasteiger partial charge is 0.395 e. The van der Waals surface area contributed by atoms with Gasteiger partial charge in [-0.3, -0.25) is 4.68 Å². The molecule has 3 rings (SSSR count). The molecule has 3 nitrogen and oxygen atoms in total. The van der Waals surface area contributed by atoms with Gasteiger partial charge in [0.1, 0.15) is 0 Å². The van der Waals surface area contributed by atoms with Crippen LogP contribution >= 0.6 is 0 Å². The van der Waals surface area contributed by atoms with Crippen LogP contribution in [-0.4, -0.2) is 21.5 Å². The molecule has 0 amide bonds. The minimum absolute atomic E-state index is 0.109. The molecule has 3 aromatic rings. The van der Waals surface area contributed by atoms with Gasteiger partial charge < -0.3 is 5.11 Å². The normalized spacial score (nSPS) is 10.3. The maximum Gasteiger partial charge on any atom is 0.0686 e. The van der Waals surface area contributed by atoms with Gasteiger partial charge >= 0.3 is 0 Å². The van der Waals surface area contributed by atoms with E-state index in [-0.39, 0.29) is 6.61 Å². The van der Waals surface area contributed by atoms with Crippen LogP contribution in [0.15, 0.2) is 54.7 Å². The maximum absolute atomic E-state index is 8.71. The number of aliphatic hydroxyl groups excluding tert-OH is 1. The molecule has 1 aromatic heterocycles. The Morgan fingerprint density at radius 2 is 1.86 bits per heavy atom. The van der Waals surface area contributed by atoms with Gasteiger partial charge in [0.15, 0.2) is 0 Å². The Bertz CT molecular complexity index is 791. The molecule has 3 heteroatoms. The monoisotopic (exact) mass is 276 g/mol. The van der Waals surface area contributed by atoms with E-state index in [9.17, 15) is 0 Å². The lowest BCUT2D eigenvalue weighted by molar-refractivity contribution is 0.305. The molecule has 104 valence electrons. The summed E-state index contributed by atoms with van der Waals surface area (Å²) in [5, 5.41) is 14.3. The van der Waals surface area contributed by atoms with Gasteiger partial charge in [0.25, 0.3) is 0 Å². The molecule has 0 aliphatic rings. The number of nitrogens with zero attached hydrogens (tertiary/aromatic N) is 2. The number of benzene rings is 2. The van der Waals surface area contributed by atoms with Crippen molar-refractivity contribution in [2.75, 3.05) is 6.61 Å². The molecule has 0 aliphatic heterocycles. The van der Waals surface area contributed by atoms with Crippen LogP contribution in [0.1, 0.15) is 17.5 Å². The predicted octanol–water partition coefficient (Wildman–Crippen LogP) is 2.82. The first kappa shape index (κ1) is 13.4. The lowest BCUT2D eigenvalue weighted by Gasteiger charge is -2.04. The second-order valence-corrected chi connectivity index (χ2v) is 4.83. The van der Waals surface area contributed by atoms with E-state index in [4.69, 9.17) is 5.11 Å². The Balaban J connectivity index is 1.78. The third-order valence-corrected chi connectivity index (χ3v) is 3.31. The van der Waals surface area contributed by atoms with Crippen LogP contribution in [0.4, 0.5) is 0 Å². The standard InChI is InChI=1S/C18H16N2O/c21-12-4-3-5-15-8-10-16(11-9-15)14-20-18-7-2-1-6-17(18)13-19-20/h1-2,6-11,13,21H,4,12,14H2. The fourth-order valence-corrected chi connectivity index (χ4v) is 2.24. The first-order valence-electron chi connectivity index (χ1n) is 6.96. The van der Waals surface area contributed by atoms with Crippen molar-refractivity contribution in [1.29, 1.82) is 0 Å². The fourth-order valence-electron chi connectivity index (χ4n) is 2.24. The lowest BCUT2D eigenvalue weighted by Crippen LogP contribution is -2.01. The number of aliphatic hydroxyl groups is 1. The summed E-state index contributed by atoms with van der Waals surface area (Å²) in [6.07, 6.45) is 2.41. The van der Waals surface area contributed by atoms with Crippen LogP contribution in [0, 0.1) is 11.8 Å². The Morgan fingerprint density at radius 3 is 2.67 bits per heavy atom. The molecular weight excluding hydrogens is 260 g/mol. The number of hydrogen-bond donors (Lipinski definition) is 1. The summed E-state index contributed by atoms with van der Waals surface area (Å²) >= 11 is 0. The minimum atomic E-state index is 0.109. The maximum atomic E-state index is 8.71. The Kier molecular flexibility index (Phi) is 3.99. The van der Waals surface area contributed by atoms with E-state index in [0.29, 0.717) is 6.42 Å². The predicted molar refractivity (Wildman–Crippen MR) is 83.9 cm³/mol. The summed E-state index contributed by atoms with van der Waals surface area (Å²) in [5.74, 6) is 5.95. The highest BCUT2D eigenvalue weighted by Gasteiger charge is 2.02. The molecule has 0 saturated carbocycles. The third-order valence-electron chi connectivity index (χ3n) is 3.31. The van der Waals surface area contributed by atoms with Gasteiger partial charge in [-0.1, -0.05) is 42.2 Å². The molecule has 0 fully saturated rings. The molecule has 0 aliphatic carbocycles. The highest BCUT2D eigenvalue weighted by atomic mass is 16.2. The molecule has 2 aromatic carbocycles. The van der Waals surface area contributed by atoms with Crippen LogP contribution < -0.4 is 0 Å². The van der Waals surface area contributed by atoms with E-state index in [2.05, 4.69) is 41.2 Å². The number of aromatic nitrogens is 2. The average Bonchev–Trinajstić information content (AvgIpc) is 2.93. The van der Waals surface area contributed by atoms with Gasteiger partial charge in [-0.05, 0) is 23.8 Å². The van der Waals surface area contributed by atoms with Crippen LogP contribution in [0.2, 0.25) is 0 Å². The molecule has 0 bridgehead atoms. The minimum Gasteiger partial charge on any atom is -0.395 e. The molecule has 1 heterocycles. The Hall–Kier alpha value is -2.57. The smallest absolute Gasteiger partial charge is 0.0686 e. The van der Waals surface area contributed by atoms with Crippen molar-refractivity contribution in [3.05, 3.63) is 65.9 Å². The summed E-state index contributed by atoms with van der Waals surface area (Å²) < 4.78 is 2.00. The average molecular weight is 276 g/mol. The van der Waals surface area contributed by atoms with Crippen molar-refractivity contribution in [2.45, 2.75) is 13.0 Å². The second kappa shape index (κ2) is 6.25. The first-order chi connectivity index (χ1) is 10.4. The molecule has 0 radical (unpaired) electrons. The highest BCUT2D eigenvalue weighted by molar-refractivity contribution is 5.78. The van der Waals surface area contributed by atoms with Crippen molar-refractivity contribution in [1.82, 2.24) is 9.78 Å². The van der Waals surface area contributed by atoms with E-state index in [1.54, 1.807) is 0 Å². The van der Waals surface area contributed by atoms with E-state index < -0.39 is 0 Å². The van der Waals surface area contributed by atoms with E-state index in [0.717, 1.165) is 23.0 Å². The summed E-state index contributed by atoms with van der Waals surface area (Å²) in [6.45, 7) is 0.856. The number of hydrogen-bond acceptors (Lipinski definition) is 2. The van der Waals surface area contributed by atoms with Gasteiger partial charge in [-0.2, -0.15) is 5.10 Å². The number of fused-ring (bicyclic) bond motifs is 1. The Labute approximate surface area is 123 Å². The Morgan fingerprint density at radius 1 is 1.05 bits per heavy atom. The van der Waals surface area contributed by atoms with Gasteiger partial charge in [0, 0.05) is 17.4 Å². The molecule has 21 heavy (non-hydrogen) atoms. The van der Waals surface area contributed by atoms with Crippen LogP contribution in [0.25, 0.3) is 10.9 Å². The van der Waals surface area contributed by atoms with Gasteiger partial charge in [0.05, 0.1) is 24.9 Å². The van der Waals surface area contributed by atoms with E-state index in [1.165, 1.54) is 5.56 Å². The quantitative estimate of drug-likeness (QED) is 0.747. The topological polar surface area (TPSA) is 38.0 Å². The van der Waals surface area contributed by atoms with Gasteiger partial charge in [0.2, 0.25) is 0 Å². The summed E-state index contributed by atoms with van der Waals surface area (Å²) in [5.41, 5.74) is 3.30. The zero-order valence-corrected chi connectivity index (χ0v) is 11.7. The van der Waals surface area contributed by atoms with Gasteiger partial charge in [-0.15, -0.1) is 0 Å². The summed E-state index contributed by atoms with van der Waals surface area (Å²) in [7, 11) is 0. The van der Waals surface area contributed by atoms with Gasteiger partial charge in [-0.25, -0.2) is 0 Å². The lowest BCUT2D eigenvalue weighted by atomic mass is 10.1. The highest BCUT2D eigenvalue weighted by Crippen LogP contribution is 2.14. The zero-order valence-electron chi connectivity index (χ0n) is 11.7. The molecule has 0 unspecified atom stereocenters. The van der Waals surface area contributed by atoms with E-state index in [1.807, 2.05) is 35.1 Å². The zero-order chi connectivity index (χ0) is 14.5. The van der Waals surface area contributed by atoms with Crippen LogP contribution in [-0.2, 0) is 6.54 Å². The third kappa shape index (κ3) is 3.13. The van der Waals surface area contributed by atoms with Crippen molar-refractivity contribution >= 4 is 10.9 Å². The summed E-state index contributed by atoms with van der Waals surface area (Å²) in [4.78, 5) is 0. The first-order valence-corrected chi connectivity index (χ1v) is 6.96. The molecule has 1 N–H and O–H groups in total. The summed E-state index contributed by atoms with van der Waals surface area (Å²) in [6, 6.07) is 16.3. The van der Waals surface area contributed by atoms with Crippen LogP contribution in [0.3, 0.4) is 0 Å². The number of para-hydroxylation sites is 1. The van der Waals surface area contributed by atoms with Crippen molar-refractivity contribution in [3.8, 4) is 11.8 Å². The fraction of sp³-hybridized carbons (Fsp3) is 0.167. The van der Waals surface area contributed by atoms with Crippen molar-refractivity contribution in [2.24, 2.45) is 0 Å². The second-order valence-electron chi connectivity index (χ2n) is 4.83. The van der Waals surface area contributed by atoms with Crippen molar-refractivity contribution < 1.29 is 5.11 Å².